The molecule has 1 fully saturated rings. The largest absolute Gasteiger partial charge is 0.388 e. The van der Waals surface area contributed by atoms with Crippen LogP contribution in [0.1, 0.15) is 44.7 Å². The summed E-state index contributed by atoms with van der Waals surface area (Å²) in [6.07, 6.45) is 7.12. The second-order valence-electron chi connectivity index (χ2n) is 5.91. The lowest BCUT2D eigenvalue weighted by molar-refractivity contribution is 0.219. The molecule has 0 atom stereocenters. The Morgan fingerprint density at radius 3 is 2.71 bits per heavy atom. The summed E-state index contributed by atoms with van der Waals surface area (Å²) in [6, 6.07) is 3.05. The van der Waals surface area contributed by atoms with Gasteiger partial charge in [0.05, 0.1) is 0 Å². The fourth-order valence-electron chi connectivity index (χ4n) is 2.72. The molecule has 1 saturated carbocycles. The van der Waals surface area contributed by atoms with E-state index in [9.17, 15) is 8.42 Å². The molecule has 0 aliphatic heterocycles. The van der Waals surface area contributed by atoms with Crippen LogP contribution in [-0.2, 0) is 10.0 Å². The van der Waals surface area contributed by atoms with Crippen LogP contribution < -0.4 is 10.5 Å². The number of aromatic nitrogens is 1. The SMILES string of the molecule is CC1(CNS(=O)(=O)c2cccnc2C(N)=S)CCCCC1. The average molecular weight is 327 g/mol. The topological polar surface area (TPSA) is 85.1 Å². The van der Waals surface area contributed by atoms with Gasteiger partial charge in [-0.2, -0.15) is 0 Å². The molecule has 7 heteroatoms. The van der Waals surface area contributed by atoms with Gasteiger partial charge in [0, 0.05) is 12.7 Å². The predicted molar refractivity (Wildman–Crippen MR) is 86.5 cm³/mol. The molecule has 2 rings (SSSR count). The Balaban J connectivity index is 2.17. The van der Waals surface area contributed by atoms with Crippen molar-refractivity contribution < 1.29 is 8.42 Å². The number of rotatable bonds is 5. The lowest BCUT2D eigenvalue weighted by Crippen LogP contribution is -2.37. The van der Waals surface area contributed by atoms with Crippen molar-refractivity contribution in [2.45, 2.75) is 43.9 Å². The first kappa shape index (κ1) is 16.3. The summed E-state index contributed by atoms with van der Waals surface area (Å²) < 4.78 is 27.6. The molecule has 0 spiro atoms. The van der Waals surface area contributed by atoms with E-state index >= 15 is 0 Å². The first-order chi connectivity index (χ1) is 9.84. The van der Waals surface area contributed by atoms with Crippen LogP contribution in [0.4, 0.5) is 0 Å². The van der Waals surface area contributed by atoms with E-state index in [1.54, 1.807) is 6.07 Å². The maximum Gasteiger partial charge on any atom is 0.242 e. The maximum atomic E-state index is 12.5. The van der Waals surface area contributed by atoms with E-state index in [2.05, 4.69) is 16.6 Å². The predicted octanol–water partition coefficient (Wildman–Crippen LogP) is 1.96. The highest BCUT2D eigenvalue weighted by atomic mass is 32.2. The van der Waals surface area contributed by atoms with Gasteiger partial charge >= 0.3 is 0 Å². The van der Waals surface area contributed by atoms with Gasteiger partial charge in [0.25, 0.3) is 0 Å². The van der Waals surface area contributed by atoms with Gasteiger partial charge in [0.1, 0.15) is 15.6 Å². The van der Waals surface area contributed by atoms with Crippen molar-refractivity contribution in [3.8, 4) is 0 Å². The minimum Gasteiger partial charge on any atom is -0.388 e. The summed E-state index contributed by atoms with van der Waals surface area (Å²) in [5.74, 6) is 0. The second kappa shape index (κ2) is 6.37. The van der Waals surface area contributed by atoms with Crippen molar-refractivity contribution in [3.63, 3.8) is 0 Å². The Labute approximate surface area is 131 Å². The Bertz CT molecular complexity index is 623. The standard InChI is InChI=1S/C14H21N3O2S2/c1-14(7-3-2-4-8-14)10-17-21(18,19)11-6-5-9-16-12(11)13(15)20/h5-6,9,17H,2-4,7-8,10H2,1H3,(H2,15,20). The molecule has 0 radical (unpaired) electrons. The molecule has 3 N–H and O–H groups in total. The molecule has 5 nitrogen and oxygen atoms in total. The third-order valence-electron chi connectivity index (χ3n) is 4.04. The number of nitrogens with two attached hydrogens (primary N) is 1. The number of thiocarbonyl (C=S) groups is 1. The fourth-order valence-corrected chi connectivity index (χ4v) is 4.32. The van der Waals surface area contributed by atoms with Gasteiger partial charge in [-0.3, -0.25) is 4.98 Å². The first-order valence-electron chi connectivity index (χ1n) is 7.09. The van der Waals surface area contributed by atoms with E-state index < -0.39 is 10.0 Å². The third kappa shape index (κ3) is 3.99. The molecular weight excluding hydrogens is 306 g/mol. The van der Waals surface area contributed by atoms with Crippen molar-refractivity contribution in [1.82, 2.24) is 9.71 Å². The van der Waals surface area contributed by atoms with Crippen LogP contribution in [0.15, 0.2) is 23.2 Å². The van der Waals surface area contributed by atoms with E-state index in [1.165, 1.54) is 18.7 Å². The van der Waals surface area contributed by atoms with Gasteiger partial charge < -0.3 is 5.73 Å². The van der Waals surface area contributed by atoms with Gasteiger partial charge in [-0.25, -0.2) is 13.1 Å². The number of pyridine rings is 1. The van der Waals surface area contributed by atoms with Crippen molar-refractivity contribution >= 4 is 27.2 Å². The highest BCUT2D eigenvalue weighted by Gasteiger charge is 2.29. The molecule has 1 aromatic rings. The van der Waals surface area contributed by atoms with Crippen molar-refractivity contribution in [2.75, 3.05) is 6.54 Å². The van der Waals surface area contributed by atoms with Crippen LogP contribution in [-0.4, -0.2) is 24.9 Å². The van der Waals surface area contributed by atoms with Gasteiger partial charge in [-0.1, -0.05) is 38.4 Å². The molecule has 0 saturated heterocycles. The normalized spacial score (nSPS) is 18.3. The minimum absolute atomic E-state index is 0.0140. The fraction of sp³-hybridized carbons (Fsp3) is 0.571. The zero-order chi connectivity index (χ0) is 15.5. The molecule has 1 aliphatic carbocycles. The van der Waals surface area contributed by atoms with Gasteiger partial charge in [0.2, 0.25) is 10.0 Å². The highest BCUT2D eigenvalue weighted by Crippen LogP contribution is 2.35. The van der Waals surface area contributed by atoms with Crippen molar-refractivity contribution in [1.29, 1.82) is 0 Å². The summed E-state index contributed by atoms with van der Waals surface area (Å²) in [5.41, 5.74) is 5.72. The first-order valence-corrected chi connectivity index (χ1v) is 8.98. The molecule has 1 heterocycles. The molecule has 0 unspecified atom stereocenters. The molecular formula is C14H21N3O2S2. The van der Waals surface area contributed by atoms with Crippen LogP contribution in [0.5, 0.6) is 0 Å². The molecule has 0 bridgehead atoms. The summed E-state index contributed by atoms with van der Waals surface area (Å²) in [6.45, 7) is 2.56. The van der Waals surface area contributed by atoms with E-state index in [0.29, 0.717) is 6.54 Å². The van der Waals surface area contributed by atoms with Gasteiger partial charge in [-0.05, 0) is 30.4 Å². The monoisotopic (exact) mass is 327 g/mol. The molecule has 21 heavy (non-hydrogen) atoms. The summed E-state index contributed by atoms with van der Waals surface area (Å²) >= 11 is 4.87. The second-order valence-corrected chi connectivity index (χ2v) is 8.09. The lowest BCUT2D eigenvalue weighted by atomic mass is 9.76. The Hall–Kier alpha value is -1.05. The quantitative estimate of drug-likeness (QED) is 0.808. The van der Waals surface area contributed by atoms with Gasteiger partial charge in [-0.15, -0.1) is 0 Å². The molecule has 0 aromatic carbocycles. The maximum absolute atomic E-state index is 12.5. The Morgan fingerprint density at radius 2 is 2.10 bits per heavy atom. The average Bonchev–Trinajstić information content (AvgIpc) is 2.46. The number of nitrogens with one attached hydrogen (secondary N) is 1. The molecule has 1 aliphatic rings. The number of sulfonamides is 1. The number of hydrogen-bond donors (Lipinski definition) is 2. The zero-order valence-electron chi connectivity index (χ0n) is 12.1. The minimum atomic E-state index is -3.65. The smallest absolute Gasteiger partial charge is 0.242 e. The van der Waals surface area contributed by atoms with Crippen molar-refractivity contribution in [2.24, 2.45) is 11.1 Å². The Morgan fingerprint density at radius 1 is 1.43 bits per heavy atom. The molecule has 0 amide bonds. The number of nitrogens with zero attached hydrogens (tertiary/aromatic N) is 1. The molecule has 1 aromatic heterocycles. The van der Waals surface area contributed by atoms with Crippen LogP contribution in [0, 0.1) is 5.41 Å². The Kier molecular flexibility index (Phi) is 4.95. The van der Waals surface area contributed by atoms with Gasteiger partial charge in [0.15, 0.2) is 0 Å². The van der Waals surface area contributed by atoms with Crippen LogP contribution in [0.2, 0.25) is 0 Å². The highest BCUT2D eigenvalue weighted by molar-refractivity contribution is 7.89. The zero-order valence-corrected chi connectivity index (χ0v) is 13.8. The van der Waals surface area contributed by atoms with Crippen LogP contribution in [0.3, 0.4) is 0 Å². The summed E-state index contributed by atoms with van der Waals surface area (Å²) in [7, 11) is -3.65. The third-order valence-corrected chi connectivity index (χ3v) is 5.67. The van der Waals surface area contributed by atoms with E-state index in [4.69, 9.17) is 18.0 Å². The van der Waals surface area contributed by atoms with E-state index in [-0.39, 0.29) is 21.0 Å². The van der Waals surface area contributed by atoms with Crippen LogP contribution >= 0.6 is 12.2 Å². The summed E-state index contributed by atoms with van der Waals surface area (Å²) in [5, 5.41) is 0. The summed E-state index contributed by atoms with van der Waals surface area (Å²) in [4.78, 5) is 4.01. The lowest BCUT2D eigenvalue weighted by Gasteiger charge is -2.33. The van der Waals surface area contributed by atoms with Crippen molar-refractivity contribution in [3.05, 3.63) is 24.0 Å². The van der Waals surface area contributed by atoms with E-state index in [0.717, 1.165) is 25.7 Å². The molecule has 116 valence electrons. The number of hydrogen-bond acceptors (Lipinski definition) is 4. The van der Waals surface area contributed by atoms with E-state index in [1.807, 2.05) is 0 Å². The van der Waals surface area contributed by atoms with Crippen LogP contribution in [0.25, 0.3) is 0 Å².